The number of hydrogen-bond donors (Lipinski definition) is 0. The third-order valence-electron chi connectivity index (χ3n) is 10.1. The van der Waals surface area contributed by atoms with E-state index in [9.17, 15) is 14.4 Å². The summed E-state index contributed by atoms with van der Waals surface area (Å²) in [7, 11) is 0. The third-order valence-corrected chi connectivity index (χ3v) is 10.1. The van der Waals surface area contributed by atoms with Crippen LogP contribution < -0.4 is 0 Å². The summed E-state index contributed by atoms with van der Waals surface area (Å²) in [5.41, 5.74) is 0. The number of ether oxygens (including phenoxy) is 3. The number of carbonyl (C=O) groups excluding carboxylic acids is 3. The van der Waals surface area contributed by atoms with Gasteiger partial charge in [-0.1, -0.05) is 183 Å². The van der Waals surface area contributed by atoms with Crippen molar-refractivity contribution < 1.29 is 28.6 Å². The van der Waals surface area contributed by atoms with Gasteiger partial charge in [0.1, 0.15) is 13.2 Å². The van der Waals surface area contributed by atoms with Crippen molar-refractivity contribution in [2.75, 3.05) is 13.2 Å². The molecule has 0 rings (SSSR count). The fourth-order valence-electron chi connectivity index (χ4n) is 6.40. The van der Waals surface area contributed by atoms with Crippen molar-refractivity contribution in [3.8, 4) is 0 Å². The lowest BCUT2D eigenvalue weighted by atomic mass is 10.1. The predicted octanol–water partition coefficient (Wildman–Crippen LogP) is 16.0. The van der Waals surface area contributed by atoms with Crippen molar-refractivity contribution in [2.45, 2.75) is 226 Å². The zero-order valence-corrected chi connectivity index (χ0v) is 38.9. The van der Waals surface area contributed by atoms with Gasteiger partial charge >= 0.3 is 17.9 Å². The number of rotatable bonds is 43. The van der Waals surface area contributed by atoms with Gasteiger partial charge in [-0.05, 0) is 103 Å². The molecule has 0 radical (unpaired) electrons. The molecule has 0 N–H and O–H groups in total. The average Bonchev–Trinajstić information content (AvgIpc) is 3.24. The lowest BCUT2D eigenvalue weighted by Gasteiger charge is -2.18. The van der Waals surface area contributed by atoms with Crippen LogP contribution in [0.2, 0.25) is 0 Å². The highest BCUT2D eigenvalue weighted by atomic mass is 16.6. The van der Waals surface area contributed by atoms with Crippen LogP contribution in [-0.4, -0.2) is 37.2 Å². The van der Waals surface area contributed by atoms with Crippen molar-refractivity contribution in [3.05, 3.63) is 85.1 Å². The van der Waals surface area contributed by atoms with Gasteiger partial charge in [0, 0.05) is 19.3 Å². The first-order chi connectivity index (χ1) is 29.5. The van der Waals surface area contributed by atoms with Crippen LogP contribution in [0.1, 0.15) is 220 Å². The van der Waals surface area contributed by atoms with Gasteiger partial charge in [0.05, 0.1) is 0 Å². The highest BCUT2D eigenvalue weighted by Crippen LogP contribution is 2.13. The first-order valence-corrected chi connectivity index (χ1v) is 24.6. The van der Waals surface area contributed by atoms with E-state index >= 15 is 0 Å². The molecule has 0 saturated carbocycles. The second-order valence-corrected chi connectivity index (χ2v) is 16.0. The van der Waals surface area contributed by atoms with E-state index in [-0.39, 0.29) is 31.1 Å². The van der Waals surface area contributed by atoms with Gasteiger partial charge in [-0.25, -0.2) is 0 Å². The molecule has 1 atom stereocenters. The van der Waals surface area contributed by atoms with Crippen LogP contribution in [0.25, 0.3) is 0 Å². The first kappa shape index (κ1) is 56.6. The molecule has 0 aliphatic rings. The normalized spacial score (nSPS) is 12.8. The van der Waals surface area contributed by atoms with Gasteiger partial charge in [0.15, 0.2) is 6.10 Å². The second-order valence-electron chi connectivity index (χ2n) is 16.0. The van der Waals surface area contributed by atoms with Crippen molar-refractivity contribution in [3.63, 3.8) is 0 Å². The van der Waals surface area contributed by atoms with Crippen molar-refractivity contribution in [2.24, 2.45) is 0 Å². The van der Waals surface area contributed by atoms with E-state index in [1.54, 1.807) is 0 Å². The second kappa shape index (κ2) is 48.3. The van der Waals surface area contributed by atoms with Crippen molar-refractivity contribution in [1.29, 1.82) is 0 Å². The average molecular weight is 835 g/mol. The van der Waals surface area contributed by atoms with E-state index in [0.29, 0.717) is 19.3 Å². The smallest absolute Gasteiger partial charge is 0.306 e. The number of esters is 3. The summed E-state index contributed by atoms with van der Waals surface area (Å²) in [5, 5.41) is 0. The van der Waals surface area contributed by atoms with Crippen LogP contribution in [0, 0.1) is 0 Å². The molecule has 0 saturated heterocycles. The molecule has 1 unspecified atom stereocenters. The Kier molecular flexibility index (Phi) is 45.5. The van der Waals surface area contributed by atoms with E-state index in [0.717, 1.165) is 103 Å². The summed E-state index contributed by atoms with van der Waals surface area (Å²) in [6.45, 7) is 6.39. The zero-order chi connectivity index (χ0) is 43.7. The fraction of sp³-hybridized carbons (Fsp3) is 0.685. The third kappa shape index (κ3) is 45.7. The van der Waals surface area contributed by atoms with Crippen LogP contribution in [0.4, 0.5) is 0 Å². The molecule has 0 fully saturated rings. The molecule has 60 heavy (non-hydrogen) atoms. The number of carbonyl (C=O) groups is 3. The van der Waals surface area contributed by atoms with Gasteiger partial charge < -0.3 is 14.2 Å². The summed E-state index contributed by atoms with van der Waals surface area (Å²) >= 11 is 0. The van der Waals surface area contributed by atoms with Gasteiger partial charge in [-0.15, -0.1) is 0 Å². The van der Waals surface area contributed by atoms with Gasteiger partial charge in [0.25, 0.3) is 0 Å². The molecule has 0 amide bonds. The summed E-state index contributed by atoms with van der Waals surface area (Å²) in [6.07, 6.45) is 61.4. The molecule has 0 aromatic carbocycles. The van der Waals surface area contributed by atoms with E-state index in [2.05, 4.69) is 106 Å². The van der Waals surface area contributed by atoms with Crippen LogP contribution in [0.3, 0.4) is 0 Å². The zero-order valence-electron chi connectivity index (χ0n) is 38.9. The quantitative estimate of drug-likeness (QED) is 0.0200. The van der Waals surface area contributed by atoms with E-state index in [1.807, 2.05) is 0 Å². The Labute approximate surface area is 369 Å². The van der Waals surface area contributed by atoms with Gasteiger partial charge in [0.2, 0.25) is 0 Å². The minimum Gasteiger partial charge on any atom is -0.462 e. The first-order valence-electron chi connectivity index (χ1n) is 24.6. The Hall–Kier alpha value is -3.41. The highest BCUT2D eigenvalue weighted by Gasteiger charge is 2.19. The summed E-state index contributed by atoms with van der Waals surface area (Å²) in [6, 6.07) is 0. The topological polar surface area (TPSA) is 78.9 Å². The Morgan fingerprint density at radius 2 is 0.717 bits per heavy atom. The Morgan fingerprint density at radius 1 is 0.367 bits per heavy atom. The molecule has 0 spiro atoms. The Bertz CT molecular complexity index is 1190. The monoisotopic (exact) mass is 835 g/mol. The SMILES string of the molecule is CC/C=C\C/C=C\C/C=C\C/C=C\CCCCCC(=O)OCC(COC(=O)CCCCC/C=C\C=C/CCCC)OC(=O)CCCCCCCCC/C=C\CCCCCC. The lowest BCUT2D eigenvalue weighted by molar-refractivity contribution is -0.167. The largest absolute Gasteiger partial charge is 0.462 e. The molecule has 0 aromatic rings. The Morgan fingerprint density at radius 3 is 1.20 bits per heavy atom. The van der Waals surface area contributed by atoms with Gasteiger partial charge in [-0.2, -0.15) is 0 Å². The molecule has 6 heteroatoms. The molecule has 0 aliphatic heterocycles. The number of allylic oxidation sites excluding steroid dienone is 14. The van der Waals surface area contributed by atoms with Crippen LogP contribution in [0.5, 0.6) is 0 Å². The molecule has 0 bridgehead atoms. The molecule has 6 nitrogen and oxygen atoms in total. The Balaban J connectivity index is 4.47. The number of unbranched alkanes of at least 4 members (excludes halogenated alkanes) is 19. The molecule has 342 valence electrons. The van der Waals surface area contributed by atoms with Crippen molar-refractivity contribution >= 4 is 17.9 Å². The molecular formula is C54H90O6. The van der Waals surface area contributed by atoms with E-state index in [1.165, 1.54) is 77.0 Å². The molecule has 0 heterocycles. The maximum absolute atomic E-state index is 12.8. The maximum atomic E-state index is 12.8. The standard InChI is InChI=1S/C54H90O6/c1-4-7-10-13-16-19-22-24-26-28-29-32-35-38-41-44-47-53(56)59-50-51(49-58-52(55)46-43-40-37-34-31-21-18-15-12-9-6-3)60-54(57)48-45-42-39-36-33-30-27-25-23-20-17-14-11-8-5-2/h7,10,15-16,18-21,23-24,26,29,31-32,51H,4-6,8-9,11-14,17,22,25,27-28,30,33-50H2,1-3H3/b10-7-,18-15-,19-16-,23-20-,26-24-,31-21-,32-29-. The summed E-state index contributed by atoms with van der Waals surface area (Å²) in [4.78, 5) is 37.9. The van der Waals surface area contributed by atoms with E-state index in [4.69, 9.17) is 14.2 Å². The van der Waals surface area contributed by atoms with Crippen molar-refractivity contribution in [1.82, 2.24) is 0 Å². The molecule has 0 aromatic heterocycles. The lowest BCUT2D eigenvalue weighted by Crippen LogP contribution is -2.30. The fourth-order valence-corrected chi connectivity index (χ4v) is 6.40. The van der Waals surface area contributed by atoms with Crippen LogP contribution >= 0.6 is 0 Å². The summed E-state index contributed by atoms with van der Waals surface area (Å²) < 4.78 is 16.7. The van der Waals surface area contributed by atoms with Crippen LogP contribution in [-0.2, 0) is 28.6 Å². The number of hydrogen-bond acceptors (Lipinski definition) is 6. The molecule has 0 aliphatic carbocycles. The maximum Gasteiger partial charge on any atom is 0.306 e. The van der Waals surface area contributed by atoms with Gasteiger partial charge in [-0.3, -0.25) is 14.4 Å². The van der Waals surface area contributed by atoms with Crippen LogP contribution in [0.15, 0.2) is 85.1 Å². The molecular weight excluding hydrogens is 745 g/mol. The van der Waals surface area contributed by atoms with E-state index < -0.39 is 6.10 Å². The minimum atomic E-state index is -0.801. The highest BCUT2D eigenvalue weighted by molar-refractivity contribution is 5.71. The summed E-state index contributed by atoms with van der Waals surface area (Å²) in [5.74, 6) is -0.969. The predicted molar refractivity (Wildman–Crippen MR) is 256 cm³/mol. The minimum absolute atomic E-state index is 0.103.